The SMILES string of the molecule is CN(CC1CCCN(C(C(=O)O)c2cccc(Cl)c2)C1)S(C)(=O)=O. The van der Waals surface area contributed by atoms with E-state index in [1.807, 2.05) is 4.90 Å². The Hall–Kier alpha value is -1.15. The standard InChI is InChI=1S/C16H23ClN2O4S/c1-18(24(2,22)23)10-12-5-4-8-19(11-12)15(16(20)21)13-6-3-7-14(17)9-13/h3,6-7,9,12,15H,4-5,8,10-11H2,1-2H3,(H,20,21). The predicted molar refractivity (Wildman–Crippen MR) is 93.6 cm³/mol. The van der Waals surface area contributed by atoms with E-state index in [1.165, 1.54) is 10.6 Å². The monoisotopic (exact) mass is 374 g/mol. The Kier molecular flexibility index (Phi) is 6.25. The first kappa shape index (κ1) is 19.2. The van der Waals surface area contributed by atoms with Gasteiger partial charge in [-0.25, -0.2) is 12.7 Å². The Labute approximate surface area is 148 Å². The third-order valence-corrected chi connectivity index (χ3v) is 5.91. The number of likely N-dealkylation sites (tertiary alicyclic amines) is 1. The average Bonchev–Trinajstić information content (AvgIpc) is 2.46. The van der Waals surface area contributed by atoms with Crippen molar-refractivity contribution in [1.29, 1.82) is 0 Å². The van der Waals surface area contributed by atoms with Gasteiger partial charge in [0.05, 0.1) is 6.26 Å². The summed E-state index contributed by atoms with van der Waals surface area (Å²) in [6.45, 7) is 1.61. The number of nitrogens with zero attached hydrogens (tertiary/aromatic N) is 2. The second-order valence-electron chi connectivity index (χ2n) is 6.34. The smallest absolute Gasteiger partial charge is 0.325 e. The van der Waals surface area contributed by atoms with Crippen LogP contribution in [0.2, 0.25) is 5.02 Å². The zero-order valence-corrected chi connectivity index (χ0v) is 15.4. The summed E-state index contributed by atoms with van der Waals surface area (Å²) < 4.78 is 24.5. The van der Waals surface area contributed by atoms with Crippen LogP contribution in [0, 0.1) is 5.92 Å². The summed E-state index contributed by atoms with van der Waals surface area (Å²) in [6, 6.07) is 6.12. The van der Waals surface area contributed by atoms with Crippen molar-refractivity contribution in [2.75, 3.05) is 32.9 Å². The van der Waals surface area contributed by atoms with Crippen molar-refractivity contribution in [1.82, 2.24) is 9.21 Å². The van der Waals surface area contributed by atoms with Gasteiger partial charge in [-0.15, -0.1) is 0 Å². The molecule has 1 aliphatic heterocycles. The van der Waals surface area contributed by atoms with Gasteiger partial charge in [-0.2, -0.15) is 0 Å². The van der Waals surface area contributed by atoms with Gasteiger partial charge in [0.2, 0.25) is 10.0 Å². The highest BCUT2D eigenvalue weighted by Gasteiger charge is 2.32. The summed E-state index contributed by atoms with van der Waals surface area (Å²) >= 11 is 6.00. The van der Waals surface area contributed by atoms with Crippen LogP contribution in [-0.2, 0) is 14.8 Å². The van der Waals surface area contributed by atoms with E-state index in [0.717, 1.165) is 12.8 Å². The topological polar surface area (TPSA) is 77.9 Å². The van der Waals surface area contributed by atoms with Gasteiger partial charge in [-0.05, 0) is 43.0 Å². The molecule has 1 saturated heterocycles. The van der Waals surface area contributed by atoms with Gasteiger partial charge in [-0.3, -0.25) is 9.69 Å². The van der Waals surface area contributed by atoms with Gasteiger partial charge >= 0.3 is 5.97 Å². The number of carboxylic acids is 1. The van der Waals surface area contributed by atoms with Crippen molar-refractivity contribution in [3.63, 3.8) is 0 Å². The Balaban J connectivity index is 2.15. The molecule has 1 heterocycles. The summed E-state index contributed by atoms with van der Waals surface area (Å²) in [5.74, 6) is -0.811. The fourth-order valence-corrected chi connectivity index (χ4v) is 3.85. The molecule has 1 N–H and O–H groups in total. The van der Waals surface area contributed by atoms with Gasteiger partial charge in [0, 0.05) is 25.2 Å². The van der Waals surface area contributed by atoms with Gasteiger partial charge < -0.3 is 5.11 Å². The summed E-state index contributed by atoms with van der Waals surface area (Å²) in [5, 5.41) is 10.2. The molecule has 2 rings (SSSR count). The van der Waals surface area contributed by atoms with Gasteiger partial charge in [0.1, 0.15) is 6.04 Å². The molecular weight excluding hydrogens is 352 g/mol. The number of carbonyl (C=O) groups is 1. The first-order valence-corrected chi connectivity index (χ1v) is 10.0. The minimum Gasteiger partial charge on any atom is -0.480 e. The van der Waals surface area contributed by atoms with Crippen molar-refractivity contribution in [3.8, 4) is 0 Å². The molecule has 134 valence electrons. The number of carboxylic acid groups (broad SMARTS) is 1. The Morgan fingerprint density at radius 2 is 2.21 bits per heavy atom. The third-order valence-electron chi connectivity index (χ3n) is 4.40. The molecule has 8 heteroatoms. The molecule has 0 bridgehead atoms. The first-order chi connectivity index (χ1) is 11.2. The zero-order valence-electron chi connectivity index (χ0n) is 13.9. The van der Waals surface area contributed by atoms with Crippen molar-refractivity contribution >= 4 is 27.6 Å². The molecule has 1 aromatic carbocycles. The van der Waals surface area contributed by atoms with Gasteiger partial charge in [-0.1, -0.05) is 23.7 Å². The van der Waals surface area contributed by atoms with Gasteiger partial charge in [0.15, 0.2) is 0 Å². The molecule has 0 amide bonds. The lowest BCUT2D eigenvalue weighted by Gasteiger charge is -2.37. The lowest BCUT2D eigenvalue weighted by atomic mass is 9.94. The van der Waals surface area contributed by atoms with Crippen LogP contribution in [0.4, 0.5) is 0 Å². The van der Waals surface area contributed by atoms with Crippen LogP contribution in [0.15, 0.2) is 24.3 Å². The largest absolute Gasteiger partial charge is 0.480 e. The molecule has 2 atom stereocenters. The maximum atomic E-state index is 11.8. The van der Waals surface area contributed by atoms with Crippen LogP contribution in [0.25, 0.3) is 0 Å². The van der Waals surface area contributed by atoms with Crippen molar-refractivity contribution in [2.45, 2.75) is 18.9 Å². The van der Waals surface area contributed by atoms with E-state index in [4.69, 9.17) is 11.6 Å². The molecule has 24 heavy (non-hydrogen) atoms. The molecular formula is C16H23ClN2O4S. The normalized spacial score (nSPS) is 20.9. The number of sulfonamides is 1. The fourth-order valence-electron chi connectivity index (χ4n) is 3.17. The van der Waals surface area contributed by atoms with Crippen LogP contribution in [-0.4, -0.2) is 61.6 Å². The van der Waals surface area contributed by atoms with Crippen LogP contribution in [0.5, 0.6) is 0 Å². The maximum Gasteiger partial charge on any atom is 0.325 e. The first-order valence-electron chi connectivity index (χ1n) is 7.82. The average molecular weight is 375 g/mol. The summed E-state index contributed by atoms with van der Waals surface area (Å²) in [5.41, 5.74) is 0.645. The van der Waals surface area contributed by atoms with Gasteiger partial charge in [0.25, 0.3) is 0 Å². The Morgan fingerprint density at radius 3 is 2.79 bits per heavy atom. The molecule has 1 aromatic rings. The second kappa shape index (κ2) is 7.82. The van der Waals surface area contributed by atoms with E-state index in [0.29, 0.717) is 30.2 Å². The van der Waals surface area contributed by atoms with E-state index in [-0.39, 0.29) is 5.92 Å². The molecule has 1 aliphatic rings. The summed E-state index contributed by atoms with van der Waals surface area (Å²) in [6.07, 6.45) is 2.91. The third kappa shape index (κ3) is 4.92. The highest BCUT2D eigenvalue weighted by Crippen LogP contribution is 2.29. The Bertz CT molecular complexity index is 695. The number of hydrogen-bond acceptors (Lipinski definition) is 4. The number of hydrogen-bond donors (Lipinski definition) is 1. The van der Waals surface area contributed by atoms with Crippen molar-refractivity contribution < 1.29 is 18.3 Å². The number of aliphatic carboxylic acids is 1. The molecule has 0 aliphatic carbocycles. The van der Waals surface area contributed by atoms with Crippen LogP contribution in [0.1, 0.15) is 24.4 Å². The van der Waals surface area contributed by atoms with E-state index < -0.39 is 22.0 Å². The lowest BCUT2D eigenvalue weighted by molar-refractivity contribution is -0.144. The van der Waals surface area contributed by atoms with Crippen LogP contribution < -0.4 is 0 Å². The summed E-state index contributed by atoms with van der Waals surface area (Å²) in [4.78, 5) is 13.7. The molecule has 0 saturated carbocycles. The number of rotatable bonds is 6. The van der Waals surface area contributed by atoms with E-state index in [1.54, 1.807) is 31.3 Å². The fraction of sp³-hybridized carbons (Fsp3) is 0.562. The lowest BCUT2D eigenvalue weighted by Crippen LogP contribution is -2.44. The van der Waals surface area contributed by atoms with Crippen molar-refractivity contribution in [3.05, 3.63) is 34.9 Å². The number of benzene rings is 1. The van der Waals surface area contributed by atoms with E-state index in [9.17, 15) is 18.3 Å². The molecule has 2 unspecified atom stereocenters. The highest BCUT2D eigenvalue weighted by molar-refractivity contribution is 7.88. The van der Waals surface area contributed by atoms with Crippen LogP contribution >= 0.6 is 11.6 Å². The van der Waals surface area contributed by atoms with E-state index in [2.05, 4.69) is 0 Å². The van der Waals surface area contributed by atoms with E-state index >= 15 is 0 Å². The number of halogens is 1. The highest BCUT2D eigenvalue weighted by atomic mass is 35.5. The zero-order chi connectivity index (χ0) is 17.9. The molecule has 1 fully saturated rings. The Morgan fingerprint density at radius 1 is 1.50 bits per heavy atom. The minimum absolute atomic E-state index is 0.111. The molecule has 0 radical (unpaired) electrons. The second-order valence-corrected chi connectivity index (χ2v) is 8.87. The summed E-state index contributed by atoms with van der Waals surface area (Å²) in [7, 11) is -1.68. The predicted octanol–water partition coefficient (Wildman–Crippen LogP) is 2.07. The minimum atomic E-state index is -3.23. The molecule has 0 aromatic heterocycles. The quantitative estimate of drug-likeness (QED) is 0.824. The number of piperidine rings is 1. The van der Waals surface area contributed by atoms with Crippen LogP contribution in [0.3, 0.4) is 0 Å². The molecule has 6 nitrogen and oxygen atoms in total. The maximum absolute atomic E-state index is 11.8. The van der Waals surface area contributed by atoms with Crippen molar-refractivity contribution in [2.24, 2.45) is 5.92 Å². The molecule has 0 spiro atoms.